The number of amidine groups is 1. The maximum Gasteiger partial charge on any atom is 0.0971 e. The van der Waals surface area contributed by atoms with Crippen LogP contribution < -0.4 is 5.73 Å². The first kappa shape index (κ1) is 7.84. The van der Waals surface area contributed by atoms with E-state index in [2.05, 4.69) is 0 Å². The van der Waals surface area contributed by atoms with Gasteiger partial charge in [-0.3, -0.25) is 4.99 Å². The highest BCUT2D eigenvalue weighted by Gasteiger charge is 2.40. The van der Waals surface area contributed by atoms with E-state index >= 15 is 0 Å². The Kier molecular flexibility index (Phi) is 1.64. The molecule has 72 valence electrons. The fourth-order valence-corrected chi connectivity index (χ4v) is 3.05. The van der Waals surface area contributed by atoms with Crippen LogP contribution in [0.25, 0.3) is 0 Å². The van der Waals surface area contributed by atoms with Crippen molar-refractivity contribution in [3.63, 3.8) is 0 Å². The summed E-state index contributed by atoms with van der Waals surface area (Å²) in [7, 11) is 0. The minimum Gasteiger partial charge on any atom is -0.387 e. The molecule has 0 aromatic heterocycles. The van der Waals surface area contributed by atoms with E-state index in [0.29, 0.717) is 12.0 Å². The molecule has 2 bridgehead atoms. The van der Waals surface area contributed by atoms with Crippen molar-refractivity contribution >= 4 is 5.84 Å². The summed E-state index contributed by atoms with van der Waals surface area (Å²) in [5, 5.41) is 0. The number of hydrogen-bond donors (Lipinski definition) is 1. The summed E-state index contributed by atoms with van der Waals surface area (Å²) in [6.07, 6.45) is 8.22. The van der Waals surface area contributed by atoms with Gasteiger partial charge in [0.2, 0.25) is 0 Å². The molecular weight excluding hydrogens is 160 g/mol. The Balaban J connectivity index is 1.69. The molecule has 3 saturated carbocycles. The fourth-order valence-electron chi connectivity index (χ4n) is 3.05. The second kappa shape index (κ2) is 2.73. The van der Waals surface area contributed by atoms with Crippen LogP contribution in [0.5, 0.6) is 0 Å². The van der Waals surface area contributed by atoms with Crippen LogP contribution in [0.1, 0.15) is 38.5 Å². The third-order valence-electron chi connectivity index (χ3n) is 4.01. The second-order valence-electron chi connectivity index (χ2n) is 5.07. The largest absolute Gasteiger partial charge is 0.387 e. The maximum atomic E-state index is 5.94. The maximum absolute atomic E-state index is 5.94. The summed E-state index contributed by atoms with van der Waals surface area (Å²) in [5.74, 6) is 3.52. The van der Waals surface area contributed by atoms with Gasteiger partial charge in [-0.25, -0.2) is 0 Å². The van der Waals surface area contributed by atoms with E-state index in [0.717, 1.165) is 17.7 Å². The Morgan fingerprint density at radius 1 is 1.08 bits per heavy atom. The molecule has 0 heterocycles. The Morgan fingerprint density at radius 2 is 1.92 bits per heavy atom. The van der Waals surface area contributed by atoms with Crippen molar-refractivity contribution < 1.29 is 0 Å². The van der Waals surface area contributed by atoms with Crippen molar-refractivity contribution in [2.45, 2.75) is 44.6 Å². The van der Waals surface area contributed by atoms with Crippen molar-refractivity contribution in [2.75, 3.05) is 0 Å². The zero-order chi connectivity index (χ0) is 8.84. The molecule has 2 heteroatoms. The number of rotatable bonds is 2. The predicted molar refractivity (Wildman–Crippen MR) is 53.6 cm³/mol. The standard InChI is InChI=1S/C11H18N2/c12-11(8-3-4-8)13-10-6-7-1-2-9(10)5-7/h7-10H,1-6H2,(H2,12,13). The van der Waals surface area contributed by atoms with E-state index in [9.17, 15) is 0 Å². The third-order valence-corrected chi connectivity index (χ3v) is 4.01. The molecule has 0 radical (unpaired) electrons. The van der Waals surface area contributed by atoms with E-state index in [1.807, 2.05) is 0 Å². The highest BCUT2D eigenvalue weighted by Crippen LogP contribution is 2.46. The fraction of sp³-hybridized carbons (Fsp3) is 0.909. The van der Waals surface area contributed by atoms with Crippen LogP contribution in [0.2, 0.25) is 0 Å². The molecule has 3 rings (SSSR count). The molecule has 0 aromatic carbocycles. The Labute approximate surface area is 79.6 Å². The monoisotopic (exact) mass is 178 g/mol. The first-order valence-corrected chi connectivity index (χ1v) is 5.66. The summed E-state index contributed by atoms with van der Waals surface area (Å²) in [6.45, 7) is 0. The lowest BCUT2D eigenvalue weighted by Crippen LogP contribution is -2.22. The van der Waals surface area contributed by atoms with E-state index in [1.54, 1.807) is 0 Å². The van der Waals surface area contributed by atoms with Gasteiger partial charge in [0.15, 0.2) is 0 Å². The average Bonchev–Trinajstić information content (AvgIpc) is 2.79. The Morgan fingerprint density at radius 3 is 2.46 bits per heavy atom. The van der Waals surface area contributed by atoms with Crippen molar-refractivity contribution in [1.82, 2.24) is 0 Å². The van der Waals surface area contributed by atoms with E-state index in [4.69, 9.17) is 10.7 Å². The lowest BCUT2D eigenvalue weighted by atomic mass is 9.96. The van der Waals surface area contributed by atoms with Gasteiger partial charge in [-0.05, 0) is 43.9 Å². The van der Waals surface area contributed by atoms with E-state index in [1.165, 1.54) is 38.5 Å². The van der Waals surface area contributed by atoms with Crippen LogP contribution in [0.15, 0.2) is 4.99 Å². The summed E-state index contributed by atoms with van der Waals surface area (Å²) in [4.78, 5) is 4.72. The minimum absolute atomic E-state index is 0.611. The smallest absolute Gasteiger partial charge is 0.0971 e. The molecule has 3 aliphatic rings. The van der Waals surface area contributed by atoms with E-state index in [-0.39, 0.29) is 0 Å². The number of nitrogens with zero attached hydrogens (tertiary/aromatic N) is 1. The summed E-state index contributed by atoms with van der Waals surface area (Å²) < 4.78 is 0. The van der Waals surface area contributed by atoms with Gasteiger partial charge in [0, 0.05) is 5.92 Å². The Bertz CT molecular complexity index is 242. The second-order valence-corrected chi connectivity index (χ2v) is 5.07. The number of aliphatic imine (C=N–C) groups is 1. The molecule has 3 atom stereocenters. The molecule has 2 N–H and O–H groups in total. The first-order valence-electron chi connectivity index (χ1n) is 5.66. The van der Waals surface area contributed by atoms with Gasteiger partial charge in [0.25, 0.3) is 0 Å². The van der Waals surface area contributed by atoms with Crippen molar-refractivity contribution in [1.29, 1.82) is 0 Å². The molecule has 0 aliphatic heterocycles. The first-order chi connectivity index (χ1) is 6.33. The van der Waals surface area contributed by atoms with Crippen molar-refractivity contribution in [3.05, 3.63) is 0 Å². The number of nitrogens with two attached hydrogens (primary N) is 1. The molecule has 3 fully saturated rings. The molecule has 0 aromatic rings. The van der Waals surface area contributed by atoms with Gasteiger partial charge in [-0.2, -0.15) is 0 Å². The number of hydrogen-bond acceptors (Lipinski definition) is 1. The third kappa shape index (κ3) is 1.36. The molecule has 0 saturated heterocycles. The van der Waals surface area contributed by atoms with Gasteiger partial charge >= 0.3 is 0 Å². The molecule has 3 aliphatic carbocycles. The SMILES string of the molecule is NC(=NC1CC2CCC1C2)C1CC1. The minimum atomic E-state index is 0.611. The lowest BCUT2D eigenvalue weighted by Gasteiger charge is -2.18. The van der Waals surface area contributed by atoms with Crippen LogP contribution in [-0.4, -0.2) is 11.9 Å². The zero-order valence-corrected chi connectivity index (χ0v) is 8.08. The average molecular weight is 178 g/mol. The van der Waals surface area contributed by atoms with Gasteiger partial charge in [0.1, 0.15) is 0 Å². The summed E-state index contributed by atoms with van der Waals surface area (Å²) in [6, 6.07) is 0.611. The van der Waals surface area contributed by atoms with Crippen LogP contribution in [0.3, 0.4) is 0 Å². The van der Waals surface area contributed by atoms with Crippen LogP contribution in [-0.2, 0) is 0 Å². The van der Waals surface area contributed by atoms with Crippen LogP contribution in [0, 0.1) is 17.8 Å². The molecular formula is C11H18N2. The van der Waals surface area contributed by atoms with Crippen molar-refractivity contribution in [3.8, 4) is 0 Å². The van der Waals surface area contributed by atoms with E-state index < -0.39 is 0 Å². The predicted octanol–water partition coefficient (Wildman–Crippen LogP) is 1.94. The highest BCUT2D eigenvalue weighted by atomic mass is 14.9. The molecule has 3 unspecified atom stereocenters. The van der Waals surface area contributed by atoms with Crippen LogP contribution in [0.4, 0.5) is 0 Å². The lowest BCUT2D eigenvalue weighted by molar-refractivity contribution is 0.419. The molecule has 2 nitrogen and oxygen atoms in total. The highest BCUT2D eigenvalue weighted by molar-refractivity contribution is 5.85. The summed E-state index contributed by atoms with van der Waals surface area (Å²) in [5.41, 5.74) is 5.94. The molecule has 0 spiro atoms. The molecule has 0 amide bonds. The summed E-state index contributed by atoms with van der Waals surface area (Å²) >= 11 is 0. The Hall–Kier alpha value is -0.530. The molecule has 13 heavy (non-hydrogen) atoms. The van der Waals surface area contributed by atoms with Gasteiger partial charge in [-0.1, -0.05) is 6.42 Å². The topological polar surface area (TPSA) is 38.4 Å². The van der Waals surface area contributed by atoms with Gasteiger partial charge in [0.05, 0.1) is 11.9 Å². The van der Waals surface area contributed by atoms with Crippen LogP contribution >= 0.6 is 0 Å². The number of fused-ring (bicyclic) bond motifs is 2. The zero-order valence-electron chi connectivity index (χ0n) is 8.08. The van der Waals surface area contributed by atoms with Gasteiger partial charge < -0.3 is 5.73 Å². The van der Waals surface area contributed by atoms with Gasteiger partial charge in [-0.15, -0.1) is 0 Å². The normalized spacial score (nSPS) is 44.3. The van der Waals surface area contributed by atoms with Crippen molar-refractivity contribution in [2.24, 2.45) is 28.5 Å². The quantitative estimate of drug-likeness (QED) is 0.509.